The average molecular weight is 379 g/mol. The molecular formula is C20H22FN7. The number of rotatable bonds is 4. The van der Waals surface area contributed by atoms with Crippen molar-refractivity contribution in [2.75, 3.05) is 30.4 Å². The van der Waals surface area contributed by atoms with Gasteiger partial charge in [-0.3, -0.25) is 5.10 Å². The van der Waals surface area contributed by atoms with E-state index in [-0.39, 0.29) is 5.82 Å². The molecule has 144 valence electrons. The molecule has 0 radical (unpaired) electrons. The number of imidazole rings is 1. The average Bonchev–Trinajstić information content (AvgIpc) is 3.39. The first kappa shape index (κ1) is 17.0. The molecule has 28 heavy (non-hydrogen) atoms. The van der Waals surface area contributed by atoms with Gasteiger partial charge in [-0.2, -0.15) is 5.10 Å². The number of hydrogen-bond acceptors (Lipinski definition) is 5. The number of aryl methyl sites for hydroxylation is 1. The number of aromatic amines is 1. The van der Waals surface area contributed by atoms with Gasteiger partial charge in [0.05, 0.1) is 16.9 Å². The number of aromatic nitrogens is 4. The standard InChI is InChI=1S/C20H22FN7/c1-12-9-28-11-14(7-17(21)20(28)23-12)24-19-16-4-3-15(8-18(16)25-26-19)27-6-5-13(10-27)22-2/h3-4,7-9,11,13,22H,5-6,10H2,1-2H3,(H2,24,25,26). The van der Waals surface area contributed by atoms with Crippen LogP contribution in [-0.4, -0.2) is 45.8 Å². The lowest BCUT2D eigenvalue weighted by Crippen LogP contribution is -2.29. The van der Waals surface area contributed by atoms with E-state index in [4.69, 9.17) is 0 Å². The Labute approximate surface area is 161 Å². The van der Waals surface area contributed by atoms with Gasteiger partial charge < -0.3 is 19.9 Å². The number of benzene rings is 1. The molecule has 4 aromatic rings. The van der Waals surface area contributed by atoms with Crippen LogP contribution in [0.5, 0.6) is 0 Å². The van der Waals surface area contributed by atoms with E-state index in [1.54, 1.807) is 10.6 Å². The molecule has 3 aromatic heterocycles. The van der Waals surface area contributed by atoms with Gasteiger partial charge in [-0.25, -0.2) is 9.37 Å². The minimum absolute atomic E-state index is 0.324. The third-order valence-corrected chi connectivity index (χ3v) is 5.40. The van der Waals surface area contributed by atoms with Crippen molar-refractivity contribution in [3.8, 4) is 0 Å². The highest BCUT2D eigenvalue weighted by Crippen LogP contribution is 2.29. The first-order valence-corrected chi connectivity index (χ1v) is 9.43. The van der Waals surface area contributed by atoms with Crippen LogP contribution in [0.4, 0.5) is 21.6 Å². The summed E-state index contributed by atoms with van der Waals surface area (Å²) in [4.78, 5) is 6.56. The van der Waals surface area contributed by atoms with Crippen LogP contribution in [0.25, 0.3) is 16.6 Å². The van der Waals surface area contributed by atoms with Crippen LogP contribution in [0.3, 0.4) is 0 Å². The molecule has 1 aliphatic heterocycles. The summed E-state index contributed by atoms with van der Waals surface area (Å²) in [5.41, 5.74) is 3.85. The van der Waals surface area contributed by atoms with Crippen molar-refractivity contribution in [2.45, 2.75) is 19.4 Å². The molecule has 8 heteroatoms. The van der Waals surface area contributed by atoms with E-state index in [0.717, 1.165) is 36.1 Å². The van der Waals surface area contributed by atoms with Gasteiger partial charge in [-0.1, -0.05) is 0 Å². The van der Waals surface area contributed by atoms with E-state index in [0.29, 0.717) is 23.2 Å². The van der Waals surface area contributed by atoms with E-state index in [2.05, 4.69) is 48.9 Å². The van der Waals surface area contributed by atoms with Crippen LogP contribution >= 0.6 is 0 Å². The second-order valence-electron chi connectivity index (χ2n) is 7.34. The molecule has 3 N–H and O–H groups in total. The zero-order valence-corrected chi connectivity index (χ0v) is 15.8. The van der Waals surface area contributed by atoms with Crippen LogP contribution in [-0.2, 0) is 0 Å². The normalized spacial score (nSPS) is 17.1. The summed E-state index contributed by atoms with van der Waals surface area (Å²) in [6, 6.07) is 8.27. The van der Waals surface area contributed by atoms with Crippen LogP contribution in [0.2, 0.25) is 0 Å². The highest BCUT2D eigenvalue weighted by molar-refractivity contribution is 5.93. The molecular weight excluding hydrogens is 357 g/mol. The van der Waals surface area contributed by atoms with Gasteiger partial charge in [0.2, 0.25) is 0 Å². The lowest BCUT2D eigenvalue weighted by molar-refractivity contribution is 0.617. The van der Waals surface area contributed by atoms with Gasteiger partial charge in [0.25, 0.3) is 0 Å². The third kappa shape index (κ3) is 2.86. The van der Waals surface area contributed by atoms with Crippen molar-refractivity contribution >= 4 is 33.7 Å². The Kier molecular flexibility index (Phi) is 3.94. The fourth-order valence-electron chi connectivity index (χ4n) is 3.91. The number of halogens is 1. The molecule has 1 atom stereocenters. The van der Waals surface area contributed by atoms with E-state index >= 15 is 0 Å². The maximum atomic E-state index is 14.3. The van der Waals surface area contributed by atoms with Crippen molar-refractivity contribution in [1.29, 1.82) is 0 Å². The number of nitrogens with zero attached hydrogens (tertiary/aromatic N) is 4. The van der Waals surface area contributed by atoms with Crippen LogP contribution in [0.1, 0.15) is 12.1 Å². The Bertz CT molecular complexity index is 1160. The molecule has 5 rings (SSSR count). The number of anilines is 3. The minimum atomic E-state index is -0.367. The number of H-pyrrole nitrogens is 1. The zero-order chi connectivity index (χ0) is 19.3. The quantitative estimate of drug-likeness (QED) is 0.508. The zero-order valence-electron chi connectivity index (χ0n) is 15.8. The molecule has 0 spiro atoms. The molecule has 7 nitrogen and oxygen atoms in total. The lowest BCUT2D eigenvalue weighted by atomic mass is 10.2. The van der Waals surface area contributed by atoms with Crippen molar-refractivity contribution in [3.05, 3.63) is 48.2 Å². The minimum Gasteiger partial charge on any atom is -0.370 e. The second-order valence-corrected chi connectivity index (χ2v) is 7.34. The van der Waals surface area contributed by atoms with E-state index < -0.39 is 0 Å². The highest BCUT2D eigenvalue weighted by Gasteiger charge is 2.21. The Morgan fingerprint density at radius 1 is 1.25 bits per heavy atom. The van der Waals surface area contributed by atoms with Gasteiger partial charge in [0.15, 0.2) is 17.3 Å². The van der Waals surface area contributed by atoms with Gasteiger partial charge in [-0.05, 0) is 38.6 Å². The van der Waals surface area contributed by atoms with Crippen molar-refractivity contribution < 1.29 is 4.39 Å². The first-order chi connectivity index (χ1) is 13.6. The molecule has 4 heterocycles. The smallest absolute Gasteiger partial charge is 0.173 e. The number of nitrogens with one attached hydrogen (secondary N) is 3. The fourth-order valence-corrected chi connectivity index (χ4v) is 3.91. The predicted molar refractivity (Wildman–Crippen MR) is 109 cm³/mol. The van der Waals surface area contributed by atoms with Crippen LogP contribution in [0.15, 0.2) is 36.7 Å². The molecule has 1 saturated heterocycles. The summed E-state index contributed by atoms with van der Waals surface area (Å²) in [5, 5.41) is 15.0. The topological polar surface area (TPSA) is 73.3 Å². The molecule has 0 amide bonds. The summed E-state index contributed by atoms with van der Waals surface area (Å²) < 4.78 is 16.0. The maximum Gasteiger partial charge on any atom is 0.173 e. The SMILES string of the molecule is CNC1CCN(c2ccc3c(Nc4cc(F)c5nc(C)cn5c4)n[nH]c3c2)C1. The number of fused-ring (bicyclic) bond motifs is 2. The Morgan fingerprint density at radius 3 is 2.96 bits per heavy atom. The highest BCUT2D eigenvalue weighted by atomic mass is 19.1. The van der Waals surface area contributed by atoms with Crippen LogP contribution in [0, 0.1) is 12.7 Å². The Hall–Kier alpha value is -3.13. The Balaban J connectivity index is 1.44. The molecule has 1 unspecified atom stereocenters. The van der Waals surface area contributed by atoms with Gasteiger partial charge >= 0.3 is 0 Å². The fraction of sp³-hybridized carbons (Fsp3) is 0.300. The number of hydrogen-bond donors (Lipinski definition) is 3. The monoisotopic (exact) mass is 379 g/mol. The summed E-state index contributed by atoms with van der Waals surface area (Å²) in [6.45, 7) is 3.89. The van der Waals surface area contributed by atoms with Crippen molar-refractivity contribution in [2.24, 2.45) is 0 Å². The molecule has 1 fully saturated rings. The summed E-state index contributed by atoms with van der Waals surface area (Å²) >= 11 is 0. The van der Waals surface area contributed by atoms with Crippen molar-refractivity contribution in [3.63, 3.8) is 0 Å². The second kappa shape index (κ2) is 6.49. The third-order valence-electron chi connectivity index (χ3n) is 5.40. The van der Waals surface area contributed by atoms with Gasteiger partial charge in [0, 0.05) is 48.7 Å². The van der Waals surface area contributed by atoms with E-state index in [1.165, 1.54) is 11.8 Å². The summed E-state index contributed by atoms with van der Waals surface area (Å²) in [7, 11) is 2.01. The lowest BCUT2D eigenvalue weighted by Gasteiger charge is -2.18. The number of pyridine rings is 1. The van der Waals surface area contributed by atoms with E-state index in [9.17, 15) is 4.39 Å². The van der Waals surface area contributed by atoms with Gasteiger partial charge in [0.1, 0.15) is 0 Å². The van der Waals surface area contributed by atoms with E-state index in [1.807, 2.05) is 20.2 Å². The van der Waals surface area contributed by atoms with Crippen molar-refractivity contribution in [1.82, 2.24) is 24.9 Å². The predicted octanol–water partition coefficient (Wildman–Crippen LogP) is 3.20. The number of likely N-dealkylation sites (N-methyl/N-ethyl adjacent to an activating group) is 1. The molecule has 0 aliphatic carbocycles. The molecule has 0 saturated carbocycles. The Morgan fingerprint density at radius 2 is 2.14 bits per heavy atom. The molecule has 1 aromatic carbocycles. The summed E-state index contributed by atoms with van der Waals surface area (Å²) in [5.74, 6) is 0.306. The maximum absolute atomic E-state index is 14.3. The first-order valence-electron chi connectivity index (χ1n) is 9.43. The summed E-state index contributed by atoms with van der Waals surface area (Å²) in [6.07, 6.45) is 4.76. The van der Waals surface area contributed by atoms with Gasteiger partial charge in [-0.15, -0.1) is 0 Å². The molecule has 0 bridgehead atoms. The molecule has 1 aliphatic rings. The largest absolute Gasteiger partial charge is 0.370 e. The van der Waals surface area contributed by atoms with Crippen LogP contribution < -0.4 is 15.5 Å².